The number of hydrogen-bond acceptors (Lipinski definition) is 5. The number of nitrogens with one attached hydrogen (secondary N) is 2. The maximum absolute atomic E-state index is 12.5. The monoisotopic (exact) mass is 418 g/mol. The SMILES string of the molecule is Cc1ccc(S(C)(=O)=O)cc1NC(=O)c1ccc(CNC(=O)OC(C)(C)C)cc1. The Balaban J connectivity index is 2.03. The number of aryl methyl sites for hydroxylation is 1. The molecule has 0 saturated carbocycles. The molecule has 0 aliphatic heterocycles. The van der Waals surface area contributed by atoms with Crippen LogP contribution in [0.2, 0.25) is 0 Å². The molecule has 2 amide bonds. The van der Waals surface area contributed by atoms with Gasteiger partial charge < -0.3 is 15.4 Å². The van der Waals surface area contributed by atoms with Gasteiger partial charge in [-0.15, -0.1) is 0 Å². The second kappa shape index (κ2) is 8.65. The van der Waals surface area contributed by atoms with Crippen LogP contribution in [0.4, 0.5) is 10.5 Å². The molecule has 29 heavy (non-hydrogen) atoms. The Hall–Kier alpha value is -2.87. The summed E-state index contributed by atoms with van der Waals surface area (Å²) in [6.45, 7) is 7.41. The number of carbonyl (C=O) groups excluding carboxylic acids is 2. The van der Waals surface area contributed by atoms with Gasteiger partial charge in [-0.3, -0.25) is 4.79 Å². The first-order chi connectivity index (χ1) is 13.3. The van der Waals surface area contributed by atoms with Crippen LogP contribution in [-0.2, 0) is 21.1 Å². The number of carbonyl (C=O) groups is 2. The van der Waals surface area contributed by atoms with Gasteiger partial charge in [0.2, 0.25) is 0 Å². The normalized spacial score (nSPS) is 11.6. The molecular formula is C21H26N2O5S. The van der Waals surface area contributed by atoms with Crippen LogP contribution in [0.1, 0.15) is 42.3 Å². The molecule has 0 fully saturated rings. The molecule has 0 unspecified atom stereocenters. The van der Waals surface area contributed by atoms with E-state index >= 15 is 0 Å². The third kappa shape index (κ3) is 6.90. The van der Waals surface area contributed by atoms with Gasteiger partial charge in [0.05, 0.1) is 4.90 Å². The van der Waals surface area contributed by atoms with Crippen LogP contribution in [0, 0.1) is 6.92 Å². The zero-order valence-electron chi connectivity index (χ0n) is 17.2. The average molecular weight is 419 g/mol. The maximum Gasteiger partial charge on any atom is 0.407 e. The summed E-state index contributed by atoms with van der Waals surface area (Å²) in [5.74, 6) is -0.356. The molecule has 0 aromatic heterocycles. The second-order valence-corrected chi connectivity index (χ2v) is 9.77. The summed E-state index contributed by atoms with van der Waals surface area (Å²) >= 11 is 0. The van der Waals surface area contributed by atoms with Crippen LogP contribution in [0.5, 0.6) is 0 Å². The first-order valence-corrected chi connectivity index (χ1v) is 10.9. The molecule has 2 aromatic carbocycles. The third-order valence-electron chi connectivity index (χ3n) is 3.94. The molecule has 8 heteroatoms. The first kappa shape index (κ1) is 22.4. The van der Waals surface area contributed by atoms with Crippen molar-refractivity contribution < 1.29 is 22.7 Å². The molecule has 2 aromatic rings. The Labute approximate surface area is 171 Å². The standard InChI is InChI=1S/C21H26N2O5S/c1-14-6-11-17(29(5,26)27)12-18(14)23-19(24)16-9-7-15(8-10-16)13-22-20(25)28-21(2,3)4/h6-12H,13H2,1-5H3,(H,22,25)(H,23,24). The van der Waals surface area contributed by atoms with E-state index in [1.807, 2.05) is 0 Å². The highest BCUT2D eigenvalue weighted by Crippen LogP contribution is 2.21. The number of amides is 2. The van der Waals surface area contributed by atoms with Crippen molar-refractivity contribution in [1.29, 1.82) is 0 Å². The minimum atomic E-state index is -3.37. The van der Waals surface area contributed by atoms with Crippen LogP contribution >= 0.6 is 0 Å². The lowest BCUT2D eigenvalue weighted by molar-refractivity contribution is 0.0523. The molecule has 0 bridgehead atoms. The van der Waals surface area contributed by atoms with E-state index in [1.165, 1.54) is 12.1 Å². The van der Waals surface area contributed by atoms with Gasteiger partial charge in [-0.25, -0.2) is 13.2 Å². The van der Waals surface area contributed by atoms with Gasteiger partial charge in [0.15, 0.2) is 9.84 Å². The van der Waals surface area contributed by atoms with Gasteiger partial charge in [0.1, 0.15) is 5.60 Å². The Morgan fingerprint density at radius 1 is 1.03 bits per heavy atom. The number of hydrogen-bond donors (Lipinski definition) is 2. The minimum Gasteiger partial charge on any atom is -0.444 e. The summed E-state index contributed by atoms with van der Waals surface area (Å²) in [7, 11) is -3.37. The van der Waals surface area contributed by atoms with E-state index in [1.54, 1.807) is 58.0 Å². The summed E-state index contributed by atoms with van der Waals surface area (Å²) in [6, 6.07) is 11.3. The highest BCUT2D eigenvalue weighted by atomic mass is 32.2. The smallest absolute Gasteiger partial charge is 0.407 e. The van der Waals surface area contributed by atoms with Crippen molar-refractivity contribution in [1.82, 2.24) is 5.32 Å². The summed E-state index contributed by atoms with van der Waals surface area (Å²) in [4.78, 5) is 24.4. The van der Waals surface area contributed by atoms with Gasteiger partial charge >= 0.3 is 6.09 Å². The molecule has 0 spiro atoms. The van der Waals surface area contributed by atoms with Gasteiger partial charge in [-0.05, 0) is 63.1 Å². The van der Waals surface area contributed by atoms with Crippen molar-refractivity contribution in [2.24, 2.45) is 0 Å². The third-order valence-corrected chi connectivity index (χ3v) is 5.05. The number of alkyl carbamates (subject to hydrolysis) is 1. The minimum absolute atomic E-state index is 0.141. The summed E-state index contributed by atoms with van der Waals surface area (Å²) in [5, 5.41) is 5.39. The largest absolute Gasteiger partial charge is 0.444 e. The first-order valence-electron chi connectivity index (χ1n) is 9.03. The molecule has 0 heterocycles. The van der Waals surface area contributed by atoms with Gasteiger partial charge in [0, 0.05) is 24.1 Å². The topological polar surface area (TPSA) is 102 Å². The summed E-state index contributed by atoms with van der Waals surface area (Å²) in [5.41, 5.74) is 1.84. The van der Waals surface area contributed by atoms with Crippen molar-refractivity contribution in [2.45, 2.75) is 44.7 Å². The Morgan fingerprint density at radius 2 is 1.66 bits per heavy atom. The zero-order valence-corrected chi connectivity index (χ0v) is 18.0. The van der Waals surface area contributed by atoms with Gasteiger partial charge in [0.25, 0.3) is 5.91 Å². The van der Waals surface area contributed by atoms with Crippen molar-refractivity contribution in [3.8, 4) is 0 Å². The summed E-state index contributed by atoms with van der Waals surface area (Å²) in [6.07, 6.45) is 0.605. The summed E-state index contributed by atoms with van der Waals surface area (Å²) < 4.78 is 28.6. The van der Waals surface area contributed by atoms with Crippen LogP contribution in [0.3, 0.4) is 0 Å². The lowest BCUT2D eigenvalue weighted by Gasteiger charge is -2.19. The van der Waals surface area contributed by atoms with E-state index in [4.69, 9.17) is 4.74 Å². The number of rotatable bonds is 5. The number of ether oxygens (including phenoxy) is 1. The number of sulfone groups is 1. The van der Waals surface area contributed by atoms with Crippen molar-refractivity contribution in [3.63, 3.8) is 0 Å². The zero-order chi connectivity index (χ0) is 21.8. The van der Waals surface area contributed by atoms with Crippen molar-refractivity contribution in [3.05, 3.63) is 59.2 Å². The quantitative estimate of drug-likeness (QED) is 0.771. The molecule has 0 saturated heterocycles. The van der Waals surface area contributed by atoms with Crippen LogP contribution in [-0.4, -0.2) is 32.3 Å². The fraction of sp³-hybridized carbons (Fsp3) is 0.333. The molecule has 0 aliphatic rings. The number of anilines is 1. The lowest BCUT2D eigenvalue weighted by atomic mass is 10.1. The van der Waals surface area contributed by atoms with Crippen LogP contribution in [0.15, 0.2) is 47.4 Å². The van der Waals surface area contributed by atoms with Crippen molar-refractivity contribution >= 4 is 27.5 Å². The average Bonchev–Trinajstić information content (AvgIpc) is 2.60. The second-order valence-electron chi connectivity index (χ2n) is 7.76. The highest BCUT2D eigenvalue weighted by molar-refractivity contribution is 7.90. The van der Waals surface area contributed by atoms with E-state index in [2.05, 4.69) is 10.6 Å². The van der Waals surface area contributed by atoms with E-state index in [9.17, 15) is 18.0 Å². The molecule has 156 valence electrons. The Morgan fingerprint density at radius 3 is 2.21 bits per heavy atom. The molecule has 2 N–H and O–H groups in total. The molecule has 2 rings (SSSR count). The van der Waals surface area contributed by atoms with E-state index in [0.717, 1.165) is 17.4 Å². The highest BCUT2D eigenvalue weighted by Gasteiger charge is 2.16. The Kier molecular flexibility index (Phi) is 6.69. The van der Waals surface area contributed by atoms with Gasteiger partial charge in [-0.2, -0.15) is 0 Å². The predicted octanol–water partition coefficient (Wildman–Crippen LogP) is 3.68. The fourth-order valence-electron chi connectivity index (χ4n) is 2.42. The van der Waals surface area contributed by atoms with Gasteiger partial charge in [-0.1, -0.05) is 18.2 Å². The molecule has 0 atom stereocenters. The van der Waals surface area contributed by atoms with E-state index in [-0.39, 0.29) is 17.3 Å². The predicted molar refractivity (Wildman–Crippen MR) is 112 cm³/mol. The van der Waals surface area contributed by atoms with E-state index in [0.29, 0.717) is 11.3 Å². The van der Waals surface area contributed by atoms with Crippen LogP contribution in [0.25, 0.3) is 0 Å². The molecule has 0 aliphatic carbocycles. The maximum atomic E-state index is 12.5. The molecule has 0 radical (unpaired) electrons. The number of benzene rings is 2. The van der Waals surface area contributed by atoms with Crippen molar-refractivity contribution in [2.75, 3.05) is 11.6 Å². The molecular weight excluding hydrogens is 392 g/mol. The fourth-order valence-corrected chi connectivity index (χ4v) is 3.07. The Bertz CT molecular complexity index is 1010. The van der Waals surface area contributed by atoms with Crippen LogP contribution < -0.4 is 10.6 Å². The molecule has 7 nitrogen and oxygen atoms in total. The lowest BCUT2D eigenvalue weighted by Crippen LogP contribution is -2.32. The van der Waals surface area contributed by atoms with E-state index < -0.39 is 21.5 Å².